The van der Waals surface area contributed by atoms with Crippen molar-refractivity contribution >= 4 is 11.9 Å². The number of carboxylic acids is 1. The molecule has 1 aliphatic rings. The van der Waals surface area contributed by atoms with E-state index in [-0.39, 0.29) is 11.9 Å². The molecule has 4 nitrogen and oxygen atoms in total. The van der Waals surface area contributed by atoms with E-state index in [1.54, 1.807) is 0 Å². The van der Waals surface area contributed by atoms with Crippen LogP contribution in [0.15, 0.2) is 0 Å². The van der Waals surface area contributed by atoms with Gasteiger partial charge in [0.1, 0.15) is 5.54 Å². The number of hydrogen-bond acceptors (Lipinski definition) is 2. The van der Waals surface area contributed by atoms with Crippen LogP contribution in [0, 0.1) is 0 Å². The highest BCUT2D eigenvalue weighted by molar-refractivity contribution is 5.89. The minimum absolute atomic E-state index is 0.0453. The Kier molecular flexibility index (Phi) is 2.32. The summed E-state index contributed by atoms with van der Waals surface area (Å²) >= 11 is 0. The normalized spacial score (nSPS) is 18.5. The van der Waals surface area contributed by atoms with E-state index in [2.05, 4.69) is 0 Å². The van der Waals surface area contributed by atoms with Crippen molar-refractivity contribution in [1.82, 2.24) is 4.90 Å². The van der Waals surface area contributed by atoms with Gasteiger partial charge in [0.2, 0.25) is 5.91 Å². The Morgan fingerprint density at radius 3 is 1.92 bits per heavy atom. The molecule has 0 aliphatic heterocycles. The van der Waals surface area contributed by atoms with Gasteiger partial charge < -0.3 is 10.0 Å². The second-order valence-electron chi connectivity index (χ2n) is 3.82. The Labute approximate surface area is 77.5 Å². The van der Waals surface area contributed by atoms with E-state index in [0.717, 1.165) is 0 Å². The number of hydrogen-bond donors (Lipinski definition) is 1. The summed E-state index contributed by atoms with van der Waals surface area (Å²) in [5.74, 6) is -1.04. The smallest absolute Gasteiger partial charge is 0.329 e. The lowest BCUT2D eigenvalue weighted by molar-refractivity contribution is -0.153. The molecule has 74 valence electrons. The van der Waals surface area contributed by atoms with Crippen molar-refractivity contribution in [2.24, 2.45) is 0 Å². The monoisotopic (exact) mass is 185 g/mol. The van der Waals surface area contributed by atoms with Gasteiger partial charge >= 0.3 is 5.97 Å². The molecule has 0 bridgehead atoms. The molecule has 1 N–H and O–H groups in total. The Balaban J connectivity index is 2.88. The van der Waals surface area contributed by atoms with Crippen LogP contribution in [0.3, 0.4) is 0 Å². The summed E-state index contributed by atoms with van der Waals surface area (Å²) in [7, 11) is 0. The first-order valence-corrected chi connectivity index (χ1v) is 4.45. The summed E-state index contributed by atoms with van der Waals surface area (Å²) in [5.41, 5.74) is -0.889. The van der Waals surface area contributed by atoms with Crippen molar-refractivity contribution < 1.29 is 14.7 Å². The molecule has 0 radical (unpaired) electrons. The number of rotatable bonds is 3. The highest BCUT2D eigenvalue weighted by atomic mass is 16.4. The van der Waals surface area contributed by atoms with Crippen LogP contribution in [0.25, 0.3) is 0 Å². The van der Waals surface area contributed by atoms with E-state index in [0.29, 0.717) is 12.8 Å². The van der Waals surface area contributed by atoms with Gasteiger partial charge in [-0.05, 0) is 26.7 Å². The lowest BCUT2D eigenvalue weighted by atomic mass is 10.1. The Hall–Kier alpha value is -1.06. The van der Waals surface area contributed by atoms with Crippen molar-refractivity contribution in [2.45, 2.75) is 45.2 Å². The van der Waals surface area contributed by atoms with Gasteiger partial charge in [0, 0.05) is 13.0 Å². The average Bonchev–Trinajstić information content (AvgIpc) is 2.66. The van der Waals surface area contributed by atoms with Crippen LogP contribution in [0.2, 0.25) is 0 Å². The van der Waals surface area contributed by atoms with Crippen molar-refractivity contribution in [2.75, 3.05) is 0 Å². The minimum atomic E-state index is -0.889. The van der Waals surface area contributed by atoms with Crippen LogP contribution in [0.1, 0.15) is 33.6 Å². The summed E-state index contributed by atoms with van der Waals surface area (Å²) in [6, 6.07) is -0.0453. The maximum atomic E-state index is 11.2. The molecule has 4 heteroatoms. The zero-order valence-electron chi connectivity index (χ0n) is 8.20. The number of carbonyl (C=O) groups excluding carboxylic acids is 1. The van der Waals surface area contributed by atoms with E-state index in [4.69, 9.17) is 5.11 Å². The summed E-state index contributed by atoms with van der Waals surface area (Å²) in [4.78, 5) is 23.6. The molecule has 1 fully saturated rings. The van der Waals surface area contributed by atoms with Gasteiger partial charge in [0.05, 0.1) is 0 Å². The largest absolute Gasteiger partial charge is 0.479 e. The molecule has 13 heavy (non-hydrogen) atoms. The topological polar surface area (TPSA) is 57.6 Å². The Morgan fingerprint density at radius 1 is 1.38 bits per heavy atom. The van der Waals surface area contributed by atoms with Gasteiger partial charge in [-0.25, -0.2) is 4.79 Å². The van der Waals surface area contributed by atoms with Gasteiger partial charge in [-0.2, -0.15) is 0 Å². The first-order valence-electron chi connectivity index (χ1n) is 4.45. The maximum Gasteiger partial charge on any atom is 0.329 e. The van der Waals surface area contributed by atoms with Crippen LogP contribution in [-0.4, -0.2) is 33.5 Å². The zero-order chi connectivity index (χ0) is 10.2. The fraction of sp³-hybridized carbons (Fsp3) is 0.778. The molecule has 0 unspecified atom stereocenters. The van der Waals surface area contributed by atoms with Gasteiger partial charge in [0.15, 0.2) is 0 Å². The second-order valence-corrected chi connectivity index (χ2v) is 3.82. The van der Waals surface area contributed by atoms with Crippen LogP contribution in [0.5, 0.6) is 0 Å². The van der Waals surface area contributed by atoms with E-state index in [1.807, 2.05) is 13.8 Å². The van der Waals surface area contributed by atoms with Crippen molar-refractivity contribution in [3.05, 3.63) is 0 Å². The summed E-state index contributed by atoms with van der Waals surface area (Å²) < 4.78 is 0. The maximum absolute atomic E-state index is 11.2. The molecule has 1 saturated carbocycles. The minimum Gasteiger partial charge on any atom is -0.479 e. The average molecular weight is 185 g/mol. The number of carboxylic acid groups (broad SMARTS) is 1. The van der Waals surface area contributed by atoms with Crippen molar-refractivity contribution in [3.63, 3.8) is 0 Å². The molecule has 0 heterocycles. The molecule has 0 spiro atoms. The lowest BCUT2D eigenvalue weighted by Gasteiger charge is -2.31. The molecule has 1 amide bonds. The Morgan fingerprint density at radius 2 is 1.85 bits per heavy atom. The third-order valence-electron chi connectivity index (χ3n) is 2.44. The number of amides is 1. The van der Waals surface area contributed by atoms with Crippen LogP contribution < -0.4 is 0 Å². The summed E-state index contributed by atoms with van der Waals surface area (Å²) in [5, 5.41) is 8.98. The fourth-order valence-electron chi connectivity index (χ4n) is 1.84. The molecule has 1 rings (SSSR count). The molecule has 0 atom stereocenters. The molecule has 0 saturated heterocycles. The van der Waals surface area contributed by atoms with E-state index >= 15 is 0 Å². The molecular formula is C9H15NO3. The van der Waals surface area contributed by atoms with Crippen LogP contribution in [0.4, 0.5) is 0 Å². The number of nitrogens with zero attached hydrogens (tertiary/aromatic N) is 1. The lowest BCUT2D eigenvalue weighted by Crippen LogP contribution is -2.50. The fourth-order valence-corrected chi connectivity index (χ4v) is 1.84. The molecule has 0 aromatic heterocycles. The summed E-state index contributed by atoms with van der Waals surface area (Å²) in [6.07, 6.45) is 1.17. The first kappa shape index (κ1) is 10.0. The molecule has 0 aromatic rings. The predicted octanol–water partition coefficient (Wildman–Crippen LogP) is 0.860. The standard InChI is InChI=1S/C9H15NO3/c1-6(2)10(7(3)11)9(4-5-9)8(12)13/h6H,4-5H2,1-3H3,(H,12,13). The van der Waals surface area contributed by atoms with Crippen LogP contribution in [-0.2, 0) is 9.59 Å². The van der Waals surface area contributed by atoms with E-state index < -0.39 is 11.5 Å². The third kappa shape index (κ3) is 1.53. The third-order valence-corrected chi connectivity index (χ3v) is 2.44. The van der Waals surface area contributed by atoms with Crippen molar-refractivity contribution in [3.8, 4) is 0 Å². The molecule has 1 aliphatic carbocycles. The van der Waals surface area contributed by atoms with Crippen molar-refractivity contribution in [1.29, 1.82) is 0 Å². The zero-order valence-corrected chi connectivity index (χ0v) is 8.20. The van der Waals surface area contributed by atoms with Gasteiger partial charge in [-0.15, -0.1) is 0 Å². The highest BCUT2D eigenvalue weighted by Crippen LogP contribution is 2.43. The van der Waals surface area contributed by atoms with E-state index in [9.17, 15) is 9.59 Å². The number of carbonyl (C=O) groups is 2. The quantitative estimate of drug-likeness (QED) is 0.709. The highest BCUT2D eigenvalue weighted by Gasteiger charge is 2.57. The predicted molar refractivity (Wildman–Crippen MR) is 47.3 cm³/mol. The Bertz CT molecular complexity index is 243. The van der Waals surface area contributed by atoms with Gasteiger partial charge in [0.25, 0.3) is 0 Å². The van der Waals surface area contributed by atoms with Crippen LogP contribution >= 0.6 is 0 Å². The first-order chi connectivity index (χ1) is 5.92. The van der Waals surface area contributed by atoms with Gasteiger partial charge in [-0.3, -0.25) is 4.79 Å². The second kappa shape index (κ2) is 3.01. The SMILES string of the molecule is CC(=O)N(C(C)C)C1(C(=O)O)CC1. The molecule has 0 aromatic carbocycles. The van der Waals surface area contributed by atoms with E-state index in [1.165, 1.54) is 11.8 Å². The summed E-state index contributed by atoms with van der Waals surface area (Å²) in [6.45, 7) is 5.10. The number of aliphatic carboxylic acids is 1. The molecular weight excluding hydrogens is 170 g/mol. The van der Waals surface area contributed by atoms with Gasteiger partial charge in [-0.1, -0.05) is 0 Å².